The number of pyridine rings is 1. The van der Waals surface area contributed by atoms with Gasteiger partial charge in [-0.2, -0.15) is 16.3 Å². The molecule has 0 aliphatic carbocycles. The van der Waals surface area contributed by atoms with Crippen molar-refractivity contribution in [1.82, 2.24) is 24.3 Å². The summed E-state index contributed by atoms with van der Waals surface area (Å²) in [5.41, 5.74) is 3.93. The van der Waals surface area contributed by atoms with Crippen LogP contribution in [0.2, 0.25) is 0 Å². The number of hydrogen-bond donors (Lipinski definition) is 1. The average molecular weight is 471 g/mol. The van der Waals surface area contributed by atoms with E-state index in [0.29, 0.717) is 29.3 Å². The molecular formula is C25H22N6O2S. The molecular weight excluding hydrogens is 448 g/mol. The zero-order chi connectivity index (χ0) is 23.7. The van der Waals surface area contributed by atoms with Crippen molar-refractivity contribution in [3.63, 3.8) is 0 Å². The van der Waals surface area contributed by atoms with E-state index in [-0.39, 0.29) is 5.56 Å². The molecule has 9 heteroatoms. The highest BCUT2D eigenvalue weighted by Crippen LogP contribution is 2.28. The minimum atomic E-state index is -0.157. The van der Waals surface area contributed by atoms with Crippen LogP contribution in [-0.2, 0) is 6.54 Å². The quantitative estimate of drug-likeness (QED) is 0.322. The molecule has 0 radical (unpaired) electrons. The molecule has 0 aliphatic heterocycles. The van der Waals surface area contributed by atoms with Crippen LogP contribution >= 0.6 is 11.3 Å². The van der Waals surface area contributed by atoms with Gasteiger partial charge in [0.05, 0.1) is 18.4 Å². The second-order valence-electron chi connectivity index (χ2n) is 7.74. The third-order valence-electron chi connectivity index (χ3n) is 5.27. The molecule has 0 unspecified atom stereocenters. The maximum Gasteiger partial charge on any atom is 0.278 e. The third kappa shape index (κ3) is 4.08. The fraction of sp³-hybridized carbons (Fsp3) is 0.120. The Morgan fingerprint density at radius 3 is 2.74 bits per heavy atom. The molecule has 0 saturated heterocycles. The monoisotopic (exact) mass is 470 g/mol. The lowest BCUT2D eigenvalue weighted by atomic mass is 10.2. The van der Waals surface area contributed by atoms with E-state index < -0.39 is 0 Å². The first kappa shape index (κ1) is 21.6. The molecule has 0 bridgehead atoms. The molecule has 0 aliphatic rings. The number of benzene rings is 1. The predicted molar refractivity (Wildman–Crippen MR) is 135 cm³/mol. The maximum absolute atomic E-state index is 12.9. The molecule has 0 atom stereocenters. The van der Waals surface area contributed by atoms with Gasteiger partial charge in [-0.15, -0.1) is 6.58 Å². The molecule has 0 saturated carbocycles. The van der Waals surface area contributed by atoms with E-state index in [2.05, 4.69) is 26.8 Å². The second kappa shape index (κ2) is 8.95. The fourth-order valence-electron chi connectivity index (χ4n) is 3.63. The van der Waals surface area contributed by atoms with Gasteiger partial charge in [-0.3, -0.25) is 9.78 Å². The Kier molecular flexibility index (Phi) is 5.69. The lowest BCUT2D eigenvalue weighted by Crippen LogP contribution is -2.21. The van der Waals surface area contributed by atoms with Gasteiger partial charge in [-0.1, -0.05) is 6.08 Å². The first-order valence-corrected chi connectivity index (χ1v) is 11.6. The van der Waals surface area contributed by atoms with Gasteiger partial charge >= 0.3 is 0 Å². The number of aromatic nitrogens is 5. The van der Waals surface area contributed by atoms with Crippen molar-refractivity contribution in [2.24, 2.45) is 0 Å². The van der Waals surface area contributed by atoms with Gasteiger partial charge in [0, 0.05) is 23.0 Å². The number of thiophene rings is 1. The molecule has 5 rings (SSSR count). The topological polar surface area (TPSA) is 86.9 Å². The van der Waals surface area contributed by atoms with Gasteiger partial charge in [-0.05, 0) is 61.2 Å². The van der Waals surface area contributed by atoms with Gasteiger partial charge in [0.25, 0.3) is 5.56 Å². The minimum Gasteiger partial charge on any atom is -0.455 e. The Bertz CT molecular complexity index is 1530. The lowest BCUT2D eigenvalue weighted by molar-refractivity contribution is 0.476. The second-order valence-corrected chi connectivity index (χ2v) is 8.52. The van der Waals surface area contributed by atoms with Crippen LogP contribution in [-0.4, -0.2) is 24.3 Å². The van der Waals surface area contributed by atoms with E-state index in [0.717, 1.165) is 28.4 Å². The number of anilines is 2. The SMILES string of the molecule is C=CCn1c(=O)c2cnc(Nc3ccc(Oc4ccc(C)nc4)c(C)c3)nc2n1-c1ccsc1. The molecule has 5 aromatic rings. The van der Waals surface area contributed by atoms with Crippen LogP contribution in [0.3, 0.4) is 0 Å². The van der Waals surface area contributed by atoms with Gasteiger partial charge in [0.2, 0.25) is 5.95 Å². The van der Waals surface area contributed by atoms with Crippen molar-refractivity contribution in [3.8, 4) is 17.2 Å². The Balaban J connectivity index is 1.46. The van der Waals surface area contributed by atoms with E-state index in [1.54, 1.807) is 39.2 Å². The van der Waals surface area contributed by atoms with Crippen molar-refractivity contribution in [3.05, 3.63) is 93.8 Å². The van der Waals surface area contributed by atoms with Crippen LogP contribution < -0.4 is 15.6 Å². The van der Waals surface area contributed by atoms with Crippen LogP contribution in [0, 0.1) is 13.8 Å². The number of aryl methyl sites for hydroxylation is 2. The van der Waals surface area contributed by atoms with Gasteiger partial charge in [0.15, 0.2) is 5.65 Å². The number of allylic oxidation sites excluding steroid dienone is 1. The lowest BCUT2D eigenvalue weighted by Gasteiger charge is -2.12. The number of ether oxygens (including phenoxy) is 1. The van der Waals surface area contributed by atoms with Crippen LogP contribution in [0.25, 0.3) is 16.7 Å². The highest BCUT2D eigenvalue weighted by Gasteiger charge is 2.17. The molecule has 0 amide bonds. The maximum atomic E-state index is 12.9. The standard InChI is InChI=1S/C25H22N6O2S/c1-4-10-30-24(32)21-14-27-25(29-23(21)31(30)19-9-11-34-15-19)28-18-6-8-22(16(2)12-18)33-20-7-5-17(3)26-13-20/h4-9,11-15H,1,10H2,2-3H3,(H,27,28,29). The summed E-state index contributed by atoms with van der Waals surface area (Å²) in [7, 11) is 0. The summed E-state index contributed by atoms with van der Waals surface area (Å²) in [6.45, 7) is 8.04. The summed E-state index contributed by atoms with van der Waals surface area (Å²) in [6.07, 6.45) is 4.95. The van der Waals surface area contributed by atoms with E-state index in [4.69, 9.17) is 4.74 Å². The molecule has 4 aromatic heterocycles. The normalized spacial score (nSPS) is 11.0. The van der Waals surface area contributed by atoms with Crippen molar-refractivity contribution in [2.75, 3.05) is 5.32 Å². The Morgan fingerprint density at radius 2 is 2.03 bits per heavy atom. The van der Waals surface area contributed by atoms with Crippen molar-refractivity contribution in [2.45, 2.75) is 20.4 Å². The molecule has 34 heavy (non-hydrogen) atoms. The fourth-order valence-corrected chi connectivity index (χ4v) is 4.24. The molecule has 8 nitrogen and oxygen atoms in total. The molecule has 4 heterocycles. The van der Waals surface area contributed by atoms with Crippen molar-refractivity contribution < 1.29 is 4.74 Å². The largest absolute Gasteiger partial charge is 0.455 e. The summed E-state index contributed by atoms with van der Waals surface area (Å²) in [5.74, 6) is 1.81. The summed E-state index contributed by atoms with van der Waals surface area (Å²) >= 11 is 1.55. The number of rotatable bonds is 7. The molecule has 170 valence electrons. The Labute approximate surface area is 199 Å². The Hall–Kier alpha value is -4.24. The zero-order valence-electron chi connectivity index (χ0n) is 18.7. The third-order valence-corrected chi connectivity index (χ3v) is 5.94. The van der Waals surface area contributed by atoms with Crippen LogP contribution in [0.5, 0.6) is 11.5 Å². The molecule has 0 fully saturated rings. The Morgan fingerprint density at radius 1 is 1.15 bits per heavy atom. The zero-order valence-corrected chi connectivity index (χ0v) is 19.5. The van der Waals surface area contributed by atoms with E-state index in [1.807, 2.05) is 61.0 Å². The van der Waals surface area contributed by atoms with Crippen LogP contribution in [0.1, 0.15) is 11.3 Å². The predicted octanol–water partition coefficient (Wildman–Crippen LogP) is 5.38. The van der Waals surface area contributed by atoms with E-state index in [1.165, 1.54) is 0 Å². The number of nitrogens with zero attached hydrogens (tertiary/aromatic N) is 5. The van der Waals surface area contributed by atoms with Crippen LogP contribution in [0.4, 0.5) is 11.6 Å². The number of hydrogen-bond acceptors (Lipinski definition) is 7. The van der Waals surface area contributed by atoms with Gasteiger partial charge in [-0.25, -0.2) is 14.3 Å². The summed E-state index contributed by atoms with van der Waals surface area (Å²) in [6, 6.07) is 11.5. The van der Waals surface area contributed by atoms with E-state index in [9.17, 15) is 4.79 Å². The molecule has 1 aromatic carbocycles. The summed E-state index contributed by atoms with van der Waals surface area (Å²) in [4.78, 5) is 26.2. The average Bonchev–Trinajstić information content (AvgIpc) is 3.44. The highest BCUT2D eigenvalue weighted by atomic mass is 32.1. The van der Waals surface area contributed by atoms with Crippen LogP contribution in [0.15, 0.2) is 77.0 Å². The van der Waals surface area contributed by atoms with Gasteiger partial charge in [0.1, 0.15) is 16.9 Å². The number of fused-ring (bicyclic) bond motifs is 1. The summed E-state index contributed by atoms with van der Waals surface area (Å²) in [5, 5.41) is 7.62. The smallest absolute Gasteiger partial charge is 0.278 e. The molecule has 0 spiro atoms. The van der Waals surface area contributed by atoms with E-state index >= 15 is 0 Å². The van der Waals surface area contributed by atoms with Crippen molar-refractivity contribution in [1.29, 1.82) is 0 Å². The first-order valence-electron chi connectivity index (χ1n) is 10.6. The number of nitrogens with one attached hydrogen (secondary N) is 1. The van der Waals surface area contributed by atoms with Crippen molar-refractivity contribution >= 4 is 34.0 Å². The minimum absolute atomic E-state index is 0.157. The summed E-state index contributed by atoms with van der Waals surface area (Å²) < 4.78 is 9.37. The highest BCUT2D eigenvalue weighted by molar-refractivity contribution is 7.08. The molecule has 1 N–H and O–H groups in total. The first-order chi connectivity index (χ1) is 16.5. The van der Waals surface area contributed by atoms with Gasteiger partial charge < -0.3 is 10.1 Å².